The summed E-state index contributed by atoms with van der Waals surface area (Å²) in [6.45, 7) is 4.35. The number of hydrogen-bond acceptors (Lipinski definition) is 5. The number of hydrogen-bond donors (Lipinski definition) is 1. The molecule has 1 N–H and O–H groups in total. The minimum Gasteiger partial charge on any atom is -0.464 e. The van der Waals surface area contributed by atoms with Gasteiger partial charge >= 0.3 is 5.97 Å². The fraction of sp³-hybridized carbons (Fsp3) is 0.292. The molecule has 1 aliphatic heterocycles. The van der Waals surface area contributed by atoms with Crippen molar-refractivity contribution in [3.8, 4) is 0 Å². The lowest BCUT2D eigenvalue weighted by Crippen LogP contribution is -2.24. The molecule has 3 aromatic rings. The molecule has 1 fully saturated rings. The zero-order chi connectivity index (χ0) is 22.0. The molecule has 4 rings (SSSR count). The Bertz CT molecular complexity index is 1150. The first-order valence-electron chi connectivity index (χ1n) is 10.2. The lowest BCUT2D eigenvalue weighted by Gasteiger charge is -2.16. The molecule has 7 heteroatoms. The number of carbonyl (C=O) groups is 3. The molecule has 1 saturated heterocycles. The summed E-state index contributed by atoms with van der Waals surface area (Å²) in [6.07, 6.45) is 3.01. The number of carbonyl (C=O) groups excluding carboxylic acids is 3. The third-order valence-electron chi connectivity index (χ3n) is 5.51. The van der Waals surface area contributed by atoms with E-state index >= 15 is 0 Å². The van der Waals surface area contributed by atoms with Crippen LogP contribution in [0, 0.1) is 13.8 Å². The third kappa shape index (κ3) is 4.60. The summed E-state index contributed by atoms with van der Waals surface area (Å²) in [5.74, 6) is -0.819. The van der Waals surface area contributed by atoms with Gasteiger partial charge in [-0.05, 0) is 67.8 Å². The van der Waals surface area contributed by atoms with Gasteiger partial charge in [-0.25, -0.2) is 0 Å². The summed E-state index contributed by atoms with van der Waals surface area (Å²) in [7, 11) is 0. The highest BCUT2D eigenvalue weighted by molar-refractivity contribution is 5.96. The van der Waals surface area contributed by atoms with Gasteiger partial charge in [0.2, 0.25) is 5.91 Å². The molecule has 31 heavy (non-hydrogen) atoms. The van der Waals surface area contributed by atoms with Crippen molar-refractivity contribution in [1.82, 2.24) is 0 Å². The van der Waals surface area contributed by atoms with Crippen LogP contribution in [0.3, 0.4) is 0 Å². The van der Waals surface area contributed by atoms with Crippen LogP contribution in [0.2, 0.25) is 0 Å². The SMILES string of the molecule is Cc1cc2occ(CC(=O)OCC(=O)Nc3ccc(N4CCCC4=O)cc3)c2cc1C. The minimum atomic E-state index is -0.501. The van der Waals surface area contributed by atoms with Gasteiger partial charge in [0.15, 0.2) is 6.61 Å². The number of esters is 1. The van der Waals surface area contributed by atoms with Crippen molar-refractivity contribution in [2.45, 2.75) is 33.1 Å². The topological polar surface area (TPSA) is 88.8 Å². The molecule has 2 amide bonds. The van der Waals surface area contributed by atoms with Gasteiger partial charge in [-0.15, -0.1) is 0 Å². The Morgan fingerprint density at radius 2 is 1.87 bits per heavy atom. The fourth-order valence-electron chi connectivity index (χ4n) is 3.67. The van der Waals surface area contributed by atoms with Crippen molar-refractivity contribution < 1.29 is 23.5 Å². The Kier molecular flexibility index (Phi) is 5.75. The number of fused-ring (bicyclic) bond motifs is 1. The van der Waals surface area contributed by atoms with Gasteiger partial charge in [0, 0.05) is 35.3 Å². The zero-order valence-electron chi connectivity index (χ0n) is 17.6. The maximum Gasteiger partial charge on any atom is 0.310 e. The standard InChI is InChI=1S/C24H24N2O5/c1-15-10-20-17(13-30-21(20)11-16(15)2)12-24(29)31-14-22(27)25-18-5-7-19(8-6-18)26-9-3-4-23(26)28/h5-8,10-11,13H,3-4,9,12,14H2,1-2H3,(H,25,27). The molecule has 0 spiro atoms. The predicted octanol–water partition coefficient (Wildman–Crippen LogP) is 3.90. The van der Waals surface area contributed by atoms with Crippen molar-refractivity contribution >= 4 is 40.1 Å². The number of nitrogens with one attached hydrogen (secondary N) is 1. The van der Waals surface area contributed by atoms with Crippen LogP contribution < -0.4 is 10.2 Å². The quantitative estimate of drug-likeness (QED) is 0.611. The van der Waals surface area contributed by atoms with Gasteiger partial charge in [0.25, 0.3) is 5.91 Å². The molecule has 7 nitrogen and oxygen atoms in total. The Labute approximate surface area is 180 Å². The number of rotatable bonds is 6. The van der Waals surface area contributed by atoms with Gasteiger partial charge in [0.1, 0.15) is 5.58 Å². The number of nitrogens with zero attached hydrogens (tertiary/aromatic N) is 1. The van der Waals surface area contributed by atoms with Crippen molar-refractivity contribution in [2.75, 3.05) is 23.4 Å². The van der Waals surface area contributed by atoms with Crippen molar-refractivity contribution in [3.63, 3.8) is 0 Å². The molecule has 2 aromatic carbocycles. The molecule has 160 valence electrons. The lowest BCUT2D eigenvalue weighted by molar-refractivity contribution is -0.146. The minimum absolute atomic E-state index is 0.0291. The van der Waals surface area contributed by atoms with Crippen LogP contribution in [0.15, 0.2) is 47.1 Å². The summed E-state index contributed by atoms with van der Waals surface area (Å²) in [5, 5.41) is 3.57. The second-order valence-electron chi connectivity index (χ2n) is 7.78. The van der Waals surface area contributed by atoms with E-state index in [1.807, 2.05) is 26.0 Å². The average molecular weight is 420 g/mol. The van der Waals surface area contributed by atoms with Gasteiger partial charge in [-0.2, -0.15) is 0 Å². The second-order valence-corrected chi connectivity index (χ2v) is 7.78. The molecule has 1 aromatic heterocycles. The maximum atomic E-state index is 12.2. The average Bonchev–Trinajstić information content (AvgIpc) is 3.34. The molecule has 1 aliphatic rings. The number of furan rings is 1. The van der Waals surface area contributed by atoms with Crippen LogP contribution >= 0.6 is 0 Å². The molecular formula is C24H24N2O5. The number of aryl methyl sites for hydroxylation is 2. The van der Waals surface area contributed by atoms with E-state index in [-0.39, 0.29) is 18.9 Å². The van der Waals surface area contributed by atoms with E-state index in [1.165, 1.54) is 0 Å². The van der Waals surface area contributed by atoms with Crippen LogP contribution in [-0.4, -0.2) is 30.9 Å². The van der Waals surface area contributed by atoms with Crippen LogP contribution in [-0.2, 0) is 25.5 Å². The highest BCUT2D eigenvalue weighted by atomic mass is 16.5. The van der Waals surface area contributed by atoms with Crippen LogP contribution in [0.1, 0.15) is 29.5 Å². The van der Waals surface area contributed by atoms with E-state index in [2.05, 4.69) is 5.32 Å². The molecule has 0 radical (unpaired) electrons. The first kappa shape index (κ1) is 20.7. The summed E-state index contributed by atoms with van der Waals surface area (Å²) < 4.78 is 10.7. The molecule has 0 unspecified atom stereocenters. The lowest BCUT2D eigenvalue weighted by atomic mass is 10.0. The summed E-state index contributed by atoms with van der Waals surface area (Å²) in [5.41, 5.74) is 5.07. The van der Waals surface area contributed by atoms with Gasteiger partial charge in [0.05, 0.1) is 12.7 Å². The van der Waals surface area contributed by atoms with Crippen molar-refractivity contribution in [1.29, 1.82) is 0 Å². The number of benzene rings is 2. The van der Waals surface area contributed by atoms with Crippen LogP contribution in [0.4, 0.5) is 11.4 Å². The first-order chi connectivity index (χ1) is 14.9. The predicted molar refractivity (Wildman–Crippen MR) is 117 cm³/mol. The smallest absolute Gasteiger partial charge is 0.310 e. The number of amides is 2. The summed E-state index contributed by atoms with van der Waals surface area (Å²) >= 11 is 0. The first-order valence-corrected chi connectivity index (χ1v) is 10.2. The monoisotopic (exact) mass is 420 g/mol. The highest BCUT2D eigenvalue weighted by Crippen LogP contribution is 2.25. The molecule has 0 atom stereocenters. The Balaban J connectivity index is 1.29. The van der Waals surface area contributed by atoms with E-state index in [0.717, 1.165) is 39.8 Å². The molecule has 2 heterocycles. The zero-order valence-corrected chi connectivity index (χ0v) is 17.6. The van der Waals surface area contributed by atoms with Gasteiger partial charge < -0.3 is 19.4 Å². The van der Waals surface area contributed by atoms with Gasteiger partial charge in [-0.3, -0.25) is 14.4 Å². The van der Waals surface area contributed by atoms with E-state index in [4.69, 9.17) is 9.15 Å². The van der Waals surface area contributed by atoms with Crippen molar-refractivity contribution in [3.05, 3.63) is 59.4 Å². The van der Waals surface area contributed by atoms with E-state index in [1.54, 1.807) is 35.4 Å². The van der Waals surface area contributed by atoms with E-state index in [9.17, 15) is 14.4 Å². The Morgan fingerprint density at radius 1 is 1.13 bits per heavy atom. The van der Waals surface area contributed by atoms with Crippen molar-refractivity contribution in [2.24, 2.45) is 0 Å². The number of anilines is 2. The summed E-state index contributed by atoms with van der Waals surface area (Å²) in [4.78, 5) is 37.9. The largest absolute Gasteiger partial charge is 0.464 e. The van der Waals surface area contributed by atoms with E-state index in [0.29, 0.717) is 18.7 Å². The van der Waals surface area contributed by atoms with Gasteiger partial charge in [-0.1, -0.05) is 0 Å². The second kappa shape index (κ2) is 8.63. The Morgan fingerprint density at radius 3 is 2.58 bits per heavy atom. The van der Waals surface area contributed by atoms with Crippen LogP contribution in [0.25, 0.3) is 11.0 Å². The molecule has 0 bridgehead atoms. The molecule has 0 saturated carbocycles. The highest BCUT2D eigenvalue weighted by Gasteiger charge is 2.21. The number of ether oxygens (including phenoxy) is 1. The van der Waals surface area contributed by atoms with E-state index < -0.39 is 11.9 Å². The fourth-order valence-corrected chi connectivity index (χ4v) is 3.67. The third-order valence-corrected chi connectivity index (χ3v) is 5.51. The van der Waals surface area contributed by atoms with Crippen LogP contribution in [0.5, 0.6) is 0 Å². The Hall–Kier alpha value is -3.61. The molecular weight excluding hydrogens is 396 g/mol. The normalized spacial score (nSPS) is 13.6. The summed E-state index contributed by atoms with van der Waals surface area (Å²) in [6, 6.07) is 11.0. The molecule has 0 aliphatic carbocycles. The maximum absolute atomic E-state index is 12.2.